The third-order valence-corrected chi connectivity index (χ3v) is 3.31. The topological polar surface area (TPSA) is 75.3 Å². The maximum Gasteiger partial charge on any atom is 0.220 e. The van der Waals surface area contributed by atoms with E-state index in [2.05, 4.69) is 5.32 Å². The van der Waals surface area contributed by atoms with Gasteiger partial charge in [0.15, 0.2) is 0 Å². The number of halogens is 1. The Morgan fingerprint density at radius 3 is 2.43 bits per heavy atom. The smallest absolute Gasteiger partial charge is 0.220 e. The van der Waals surface area contributed by atoms with Gasteiger partial charge in [-0.15, -0.1) is 12.4 Å². The van der Waals surface area contributed by atoms with Crippen LogP contribution in [0.3, 0.4) is 0 Å². The zero-order chi connectivity index (χ0) is 14.8. The van der Waals surface area contributed by atoms with E-state index < -0.39 is 6.10 Å². The standard InChI is InChI=1S/C16H26N2O2.ClH/c1-13-7-9-14(10-8-13)15(19)12-18-16(20)6-4-2-3-5-11-17;/h7-10,15,19H,2-6,11-12,17H2,1H3,(H,18,20);1H. The van der Waals surface area contributed by atoms with Gasteiger partial charge in [0.05, 0.1) is 6.10 Å². The summed E-state index contributed by atoms with van der Waals surface area (Å²) in [5, 5.41) is 12.7. The molecule has 0 saturated carbocycles. The van der Waals surface area contributed by atoms with Crippen molar-refractivity contribution in [2.24, 2.45) is 5.73 Å². The predicted molar refractivity (Wildman–Crippen MR) is 88.5 cm³/mol. The molecule has 4 nitrogen and oxygen atoms in total. The quantitative estimate of drug-likeness (QED) is 0.613. The van der Waals surface area contributed by atoms with Crippen molar-refractivity contribution in [2.75, 3.05) is 13.1 Å². The molecule has 0 heterocycles. The Kier molecular flexibility index (Phi) is 10.9. The second kappa shape index (κ2) is 11.5. The minimum atomic E-state index is -0.642. The van der Waals surface area contributed by atoms with Crippen LogP contribution in [0.4, 0.5) is 0 Å². The van der Waals surface area contributed by atoms with E-state index in [0.717, 1.165) is 43.4 Å². The van der Waals surface area contributed by atoms with Crippen LogP contribution in [-0.4, -0.2) is 24.1 Å². The van der Waals surface area contributed by atoms with Gasteiger partial charge in [0.2, 0.25) is 5.91 Å². The van der Waals surface area contributed by atoms with Crippen LogP contribution >= 0.6 is 12.4 Å². The summed E-state index contributed by atoms with van der Waals surface area (Å²) >= 11 is 0. The first-order chi connectivity index (χ1) is 9.63. The van der Waals surface area contributed by atoms with Crippen LogP contribution in [-0.2, 0) is 4.79 Å². The van der Waals surface area contributed by atoms with Gasteiger partial charge < -0.3 is 16.2 Å². The van der Waals surface area contributed by atoms with Gasteiger partial charge >= 0.3 is 0 Å². The molecule has 0 fully saturated rings. The maximum absolute atomic E-state index is 11.6. The molecule has 0 bridgehead atoms. The number of hydrogen-bond acceptors (Lipinski definition) is 3. The van der Waals surface area contributed by atoms with E-state index in [1.54, 1.807) is 0 Å². The van der Waals surface area contributed by atoms with Gasteiger partial charge in [-0.25, -0.2) is 0 Å². The fraction of sp³-hybridized carbons (Fsp3) is 0.562. The van der Waals surface area contributed by atoms with E-state index in [1.807, 2.05) is 31.2 Å². The number of aliphatic hydroxyl groups excluding tert-OH is 1. The molecular weight excluding hydrogens is 288 g/mol. The van der Waals surface area contributed by atoms with E-state index in [4.69, 9.17) is 5.73 Å². The molecule has 1 unspecified atom stereocenters. The Balaban J connectivity index is 0.00000400. The zero-order valence-electron chi connectivity index (χ0n) is 12.7. The summed E-state index contributed by atoms with van der Waals surface area (Å²) in [5.74, 6) is 0.00362. The lowest BCUT2D eigenvalue weighted by atomic mass is 10.1. The van der Waals surface area contributed by atoms with Gasteiger partial charge in [0.25, 0.3) is 0 Å². The van der Waals surface area contributed by atoms with Crippen molar-refractivity contribution in [2.45, 2.75) is 45.1 Å². The first-order valence-corrected chi connectivity index (χ1v) is 7.35. The second-order valence-electron chi connectivity index (χ2n) is 5.18. The van der Waals surface area contributed by atoms with Crippen LogP contribution in [0.25, 0.3) is 0 Å². The third-order valence-electron chi connectivity index (χ3n) is 3.31. The lowest BCUT2D eigenvalue weighted by Gasteiger charge is -2.12. The molecule has 5 heteroatoms. The van der Waals surface area contributed by atoms with Crippen LogP contribution in [0.5, 0.6) is 0 Å². The van der Waals surface area contributed by atoms with Crippen molar-refractivity contribution in [1.82, 2.24) is 5.32 Å². The minimum Gasteiger partial charge on any atom is -0.387 e. The van der Waals surface area contributed by atoms with Gasteiger partial charge in [0, 0.05) is 13.0 Å². The number of aliphatic hydroxyl groups is 1. The Morgan fingerprint density at radius 2 is 1.81 bits per heavy atom. The molecule has 4 N–H and O–H groups in total. The number of amides is 1. The van der Waals surface area contributed by atoms with Gasteiger partial charge in [-0.3, -0.25) is 4.79 Å². The Bertz CT molecular complexity index is 396. The molecule has 120 valence electrons. The molecule has 1 rings (SSSR count). The summed E-state index contributed by atoms with van der Waals surface area (Å²) in [4.78, 5) is 11.6. The molecule has 1 amide bonds. The van der Waals surface area contributed by atoms with E-state index in [-0.39, 0.29) is 24.9 Å². The monoisotopic (exact) mass is 314 g/mol. The molecule has 1 aromatic carbocycles. The number of benzene rings is 1. The largest absolute Gasteiger partial charge is 0.387 e. The van der Waals surface area contributed by atoms with Crippen LogP contribution in [0.15, 0.2) is 24.3 Å². The molecule has 0 radical (unpaired) electrons. The molecular formula is C16H27ClN2O2. The van der Waals surface area contributed by atoms with E-state index in [1.165, 1.54) is 0 Å². The summed E-state index contributed by atoms with van der Waals surface area (Å²) in [7, 11) is 0. The average Bonchev–Trinajstić information content (AvgIpc) is 2.45. The van der Waals surface area contributed by atoms with Crippen LogP contribution in [0.2, 0.25) is 0 Å². The molecule has 0 aliphatic heterocycles. The summed E-state index contributed by atoms with van der Waals surface area (Å²) in [6, 6.07) is 7.69. The minimum absolute atomic E-state index is 0. The first kappa shape index (κ1) is 19.9. The summed E-state index contributed by atoms with van der Waals surface area (Å²) in [5.41, 5.74) is 7.40. The summed E-state index contributed by atoms with van der Waals surface area (Å²) in [6.45, 7) is 2.99. The van der Waals surface area contributed by atoms with Gasteiger partial charge in [-0.2, -0.15) is 0 Å². The molecule has 0 spiro atoms. The number of unbranched alkanes of at least 4 members (excludes halogenated alkanes) is 3. The van der Waals surface area contributed by atoms with Crippen LogP contribution < -0.4 is 11.1 Å². The molecule has 0 aliphatic rings. The van der Waals surface area contributed by atoms with E-state index >= 15 is 0 Å². The normalized spacial score (nSPS) is 11.6. The van der Waals surface area contributed by atoms with Crippen molar-refractivity contribution in [3.8, 4) is 0 Å². The van der Waals surface area contributed by atoms with E-state index in [9.17, 15) is 9.90 Å². The molecule has 1 atom stereocenters. The highest BCUT2D eigenvalue weighted by Gasteiger charge is 2.09. The Morgan fingerprint density at radius 1 is 1.19 bits per heavy atom. The van der Waals surface area contributed by atoms with Gasteiger partial charge in [0.1, 0.15) is 0 Å². The number of carbonyl (C=O) groups is 1. The highest BCUT2D eigenvalue weighted by molar-refractivity contribution is 5.85. The van der Waals surface area contributed by atoms with Crippen LogP contribution in [0.1, 0.15) is 49.3 Å². The van der Waals surface area contributed by atoms with Crippen molar-refractivity contribution in [3.05, 3.63) is 35.4 Å². The fourth-order valence-corrected chi connectivity index (χ4v) is 1.99. The Hall–Kier alpha value is -1.10. The maximum atomic E-state index is 11.6. The van der Waals surface area contributed by atoms with E-state index in [0.29, 0.717) is 6.42 Å². The first-order valence-electron chi connectivity index (χ1n) is 7.35. The third kappa shape index (κ3) is 8.71. The highest BCUT2D eigenvalue weighted by atomic mass is 35.5. The van der Waals surface area contributed by atoms with Crippen LogP contribution in [0, 0.1) is 6.92 Å². The van der Waals surface area contributed by atoms with Crippen molar-refractivity contribution < 1.29 is 9.90 Å². The zero-order valence-corrected chi connectivity index (χ0v) is 13.5. The second-order valence-corrected chi connectivity index (χ2v) is 5.18. The number of nitrogens with one attached hydrogen (secondary N) is 1. The number of carbonyl (C=O) groups excluding carboxylic acids is 1. The lowest BCUT2D eigenvalue weighted by Crippen LogP contribution is -2.28. The number of aryl methyl sites for hydroxylation is 1. The lowest BCUT2D eigenvalue weighted by molar-refractivity contribution is -0.121. The number of nitrogens with two attached hydrogens (primary N) is 1. The van der Waals surface area contributed by atoms with Crippen molar-refractivity contribution in [3.63, 3.8) is 0 Å². The number of rotatable bonds is 9. The molecule has 1 aromatic rings. The average molecular weight is 315 g/mol. The fourth-order valence-electron chi connectivity index (χ4n) is 1.99. The highest BCUT2D eigenvalue weighted by Crippen LogP contribution is 2.12. The molecule has 21 heavy (non-hydrogen) atoms. The van der Waals surface area contributed by atoms with Gasteiger partial charge in [-0.05, 0) is 31.9 Å². The Labute approximate surface area is 133 Å². The molecule has 0 saturated heterocycles. The van der Waals surface area contributed by atoms with Crippen molar-refractivity contribution >= 4 is 18.3 Å². The summed E-state index contributed by atoms with van der Waals surface area (Å²) < 4.78 is 0. The molecule has 0 aromatic heterocycles. The SMILES string of the molecule is Cc1ccc(C(O)CNC(=O)CCCCCCN)cc1.Cl. The number of hydrogen-bond donors (Lipinski definition) is 3. The van der Waals surface area contributed by atoms with Gasteiger partial charge in [-0.1, -0.05) is 42.7 Å². The summed E-state index contributed by atoms with van der Waals surface area (Å²) in [6.07, 6.45) is 3.89. The predicted octanol–water partition coefficient (Wildman–Crippen LogP) is 2.48. The van der Waals surface area contributed by atoms with Crippen molar-refractivity contribution in [1.29, 1.82) is 0 Å². The molecule has 0 aliphatic carbocycles.